The number of methoxy groups -OCH3 is 1. The Labute approximate surface area is 98.3 Å². The van der Waals surface area contributed by atoms with Gasteiger partial charge in [-0.05, 0) is 13.8 Å². The van der Waals surface area contributed by atoms with Crippen LogP contribution in [-0.2, 0) is 4.74 Å². The Morgan fingerprint density at radius 3 is 2.71 bits per heavy atom. The van der Waals surface area contributed by atoms with E-state index in [2.05, 4.69) is 0 Å². The Balaban J connectivity index is 2.89. The van der Waals surface area contributed by atoms with Crippen molar-refractivity contribution in [2.24, 2.45) is 0 Å². The van der Waals surface area contributed by atoms with Crippen LogP contribution in [0.1, 0.15) is 13.8 Å². The molecule has 1 aromatic rings. The van der Waals surface area contributed by atoms with Gasteiger partial charge in [-0.25, -0.2) is 0 Å². The molecule has 7 nitrogen and oxygen atoms in total. The van der Waals surface area contributed by atoms with Crippen LogP contribution in [0.5, 0.6) is 5.75 Å². The number of nitro groups is 1. The van der Waals surface area contributed by atoms with E-state index in [1.165, 1.54) is 7.11 Å². The maximum Gasteiger partial charge on any atom is 0.323 e. The molecular weight excluding hydrogens is 228 g/mol. The lowest BCUT2D eigenvalue weighted by molar-refractivity contribution is -0.606. The van der Waals surface area contributed by atoms with Crippen LogP contribution in [0.2, 0.25) is 0 Å². The normalized spacial score (nSPS) is 11.2. The van der Waals surface area contributed by atoms with Gasteiger partial charge in [-0.15, -0.1) is 0 Å². The van der Waals surface area contributed by atoms with Crippen molar-refractivity contribution in [3.05, 3.63) is 33.8 Å². The smallest absolute Gasteiger partial charge is 0.323 e. The van der Waals surface area contributed by atoms with Crippen molar-refractivity contribution < 1.29 is 19.1 Å². The highest BCUT2D eigenvalue weighted by atomic mass is 16.6. The Morgan fingerprint density at radius 1 is 1.53 bits per heavy atom. The fraction of sp³-hybridized carbons (Fsp3) is 0.500. The van der Waals surface area contributed by atoms with E-state index in [9.17, 15) is 15.3 Å². The fourth-order valence-electron chi connectivity index (χ4n) is 1.02. The Hall–Kier alpha value is -1.89. The number of ether oxygens (including phenoxy) is 2. The highest BCUT2D eigenvalue weighted by Crippen LogP contribution is 2.25. The van der Waals surface area contributed by atoms with E-state index in [0.717, 1.165) is 18.5 Å². The molecule has 0 bridgehead atoms. The van der Waals surface area contributed by atoms with Gasteiger partial charge >= 0.3 is 5.69 Å². The molecule has 7 heteroatoms. The molecule has 0 fully saturated rings. The number of aromatic nitrogens is 1. The quantitative estimate of drug-likeness (QED) is 0.333. The minimum absolute atomic E-state index is 0.0716. The summed E-state index contributed by atoms with van der Waals surface area (Å²) in [5.41, 5.74) is -0.832. The average molecular weight is 242 g/mol. The lowest BCUT2D eigenvalue weighted by atomic mass is 10.1. The third-order valence-corrected chi connectivity index (χ3v) is 2.20. The van der Waals surface area contributed by atoms with Crippen LogP contribution >= 0.6 is 0 Å². The van der Waals surface area contributed by atoms with Crippen molar-refractivity contribution in [3.8, 4) is 5.75 Å². The minimum atomic E-state index is -0.602. The molecule has 0 aromatic carbocycles. The van der Waals surface area contributed by atoms with Crippen molar-refractivity contribution in [2.75, 3.05) is 13.7 Å². The molecule has 1 heterocycles. The van der Waals surface area contributed by atoms with Crippen LogP contribution in [0.25, 0.3) is 0 Å². The summed E-state index contributed by atoms with van der Waals surface area (Å²) < 4.78 is 10.8. The molecule has 0 unspecified atom stereocenters. The van der Waals surface area contributed by atoms with Crippen molar-refractivity contribution in [1.29, 1.82) is 0 Å². The highest BCUT2D eigenvalue weighted by Gasteiger charge is 2.23. The standard InChI is InChI=1S/C10H14N2O5/c1-10(2,16-3)7-17-9-6-11(13)5-4-8(9)12(14)15/h4-6H,7H2,1-3H3. The van der Waals surface area contributed by atoms with Crippen LogP contribution < -0.4 is 9.47 Å². The maximum atomic E-state index is 11.0. The maximum absolute atomic E-state index is 11.0. The van der Waals surface area contributed by atoms with Crippen molar-refractivity contribution in [3.63, 3.8) is 0 Å². The van der Waals surface area contributed by atoms with Crippen LogP contribution in [0, 0.1) is 15.3 Å². The van der Waals surface area contributed by atoms with E-state index in [-0.39, 0.29) is 18.0 Å². The largest absolute Gasteiger partial charge is 0.619 e. The number of nitrogens with zero attached hydrogens (tertiary/aromatic N) is 2. The zero-order chi connectivity index (χ0) is 13.1. The summed E-state index contributed by atoms with van der Waals surface area (Å²) >= 11 is 0. The van der Waals surface area contributed by atoms with E-state index in [0.29, 0.717) is 4.73 Å². The van der Waals surface area contributed by atoms with E-state index in [1.807, 2.05) is 0 Å². The van der Waals surface area contributed by atoms with Crippen LogP contribution in [0.4, 0.5) is 5.69 Å². The molecule has 0 amide bonds. The fourth-order valence-corrected chi connectivity index (χ4v) is 1.02. The topological polar surface area (TPSA) is 88.5 Å². The lowest BCUT2D eigenvalue weighted by Gasteiger charge is -2.22. The summed E-state index contributed by atoms with van der Waals surface area (Å²) in [6.45, 7) is 3.65. The van der Waals surface area contributed by atoms with Gasteiger partial charge < -0.3 is 14.7 Å². The number of hydrogen-bond acceptors (Lipinski definition) is 5. The predicted molar refractivity (Wildman–Crippen MR) is 58.6 cm³/mol. The van der Waals surface area contributed by atoms with E-state index < -0.39 is 10.5 Å². The van der Waals surface area contributed by atoms with Crippen LogP contribution in [0.3, 0.4) is 0 Å². The molecule has 0 aliphatic carbocycles. The van der Waals surface area contributed by atoms with Gasteiger partial charge in [-0.1, -0.05) is 0 Å². The molecule has 94 valence electrons. The summed E-state index contributed by atoms with van der Waals surface area (Å²) in [7, 11) is 1.51. The molecule has 17 heavy (non-hydrogen) atoms. The highest BCUT2D eigenvalue weighted by molar-refractivity contribution is 5.41. The Morgan fingerprint density at radius 2 is 2.18 bits per heavy atom. The number of rotatable bonds is 5. The molecule has 0 aliphatic heterocycles. The predicted octanol–water partition coefficient (Wildman–Crippen LogP) is 1.03. The lowest BCUT2D eigenvalue weighted by Crippen LogP contribution is -2.32. The first-order valence-corrected chi connectivity index (χ1v) is 4.91. The third kappa shape index (κ3) is 3.56. The van der Waals surface area contributed by atoms with E-state index >= 15 is 0 Å². The van der Waals surface area contributed by atoms with Gasteiger partial charge in [-0.3, -0.25) is 10.1 Å². The molecule has 0 spiro atoms. The molecule has 0 atom stereocenters. The van der Waals surface area contributed by atoms with E-state index in [4.69, 9.17) is 9.47 Å². The summed E-state index contributed by atoms with van der Waals surface area (Å²) in [5, 5.41) is 21.8. The first-order chi connectivity index (χ1) is 7.85. The monoisotopic (exact) mass is 242 g/mol. The molecule has 0 saturated carbocycles. The first kappa shape index (κ1) is 13.2. The van der Waals surface area contributed by atoms with Crippen LogP contribution in [0.15, 0.2) is 18.5 Å². The van der Waals surface area contributed by atoms with Crippen LogP contribution in [-0.4, -0.2) is 24.2 Å². The van der Waals surface area contributed by atoms with Gasteiger partial charge in [0, 0.05) is 7.11 Å². The van der Waals surface area contributed by atoms with Crippen molar-refractivity contribution in [2.45, 2.75) is 19.4 Å². The van der Waals surface area contributed by atoms with Gasteiger partial charge in [0.1, 0.15) is 6.61 Å². The molecule has 0 saturated heterocycles. The van der Waals surface area contributed by atoms with E-state index in [1.54, 1.807) is 13.8 Å². The molecule has 0 N–H and O–H groups in total. The summed E-state index contributed by atoms with van der Waals surface area (Å²) in [6.07, 6.45) is 2.07. The second kappa shape index (κ2) is 4.96. The molecule has 1 rings (SSSR count). The molecular formula is C10H14N2O5. The zero-order valence-corrected chi connectivity index (χ0v) is 9.87. The Kier molecular flexibility index (Phi) is 3.84. The third-order valence-electron chi connectivity index (χ3n) is 2.20. The molecule has 0 radical (unpaired) electrons. The summed E-state index contributed by atoms with van der Waals surface area (Å²) in [6, 6.07) is 1.10. The molecule has 0 aliphatic rings. The van der Waals surface area contributed by atoms with Gasteiger partial charge in [-0.2, -0.15) is 4.73 Å². The minimum Gasteiger partial charge on any atom is -0.619 e. The van der Waals surface area contributed by atoms with Crippen molar-refractivity contribution >= 4 is 5.69 Å². The first-order valence-electron chi connectivity index (χ1n) is 4.91. The van der Waals surface area contributed by atoms with Gasteiger partial charge in [0.25, 0.3) is 5.75 Å². The van der Waals surface area contributed by atoms with Gasteiger partial charge in [0.2, 0.25) is 6.20 Å². The van der Waals surface area contributed by atoms with Gasteiger partial charge in [0.15, 0.2) is 6.20 Å². The second-order valence-electron chi connectivity index (χ2n) is 4.06. The number of hydrogen-bond donors (Lipinski definition) is 0. The van der Waals surface area contributed by atoms with Crippen molar-refractivity contribution in [1.82, 2.24) is 0 Å². The molecule has 1 aromatic heterocycles. The second-order valence-corrected chi connectivity index (χ2v) is 4.06. The SMILES string of the molecule is COC(C)(C)COc1c[n+]([O-])ccc1[N+](=O)[O-]. The average Bonchev–Trinajstić information content (AvgIpc) is 2.26. The summed E-state index contributed by atoms with van der Waals surface area (Å²) in [5.74, 6) is -0.0716. The number of pyridine rings is 1. The zero-order valence-electron chi connectivity index (χ0n) is 9.87. The van der Waals surface area contributed by atoms with Gasteiger partial charge in [0.05, 0.1) is 16.6 Å². The Bertz CT molecular complexity index is 419. The summed E-state index contributed by atoms with van der Waals surface area (Å²) in [4.78, 5) is 10.1.